The molecule has 0 radical (unpaired) electrons. The van der Waals surface area contributed by atoms with Crippen molar-refractivity contribution in [3.63, 3.8) is 0 Å². The van der Waals surface area contributed by atoms with E-state index in [1.807, 2.05) is 0 Å². The number of carbonyl (C=O) groups is 2. The van der Waals surface area contributed by atoms with Crippen LogP contribution in [0.1, 0.15) is 15.9 Å². The van der Waals surface area contributed by atoms with Crippen LogP contribution >= 0.6 is 0 Å². The summed E-state index contributed by atoms with van der Waals surface area (Å²) < 4.78 is 26.9. The van der Waals surface area contributed by atoms with Crippen LogP contribution in [0.4, 0.5) is 5.69 Å². The number of nitrogens with one attached hydrogen (secondary N) is 1. The third-order valence-electron chi connectivity index (χ3n) is 2.99. The monoisotopic (exact) mass is 347 g/mol. The average Bonchev–Trinajstić information content (AvgIpc) is 2.53. The van der Waals surface area contributed by atoms with Crippen molar-refractivity contribution in [2.75, 3.05) is 4.72 Å². The number of benzene rings is 2. The molecule has 2 aromatic carbocycles. The smallest absolute Gasteiger partial charge is 0.335 e. The maximum Gasteiger partial charge on any atom is 0.335 e. The van der Waals surface area contributed by atoms with Gasteiger partial charge in [-0.2, -0.15) is 0 Å². The predicted molar refractivity (Wildman–Crippen MR) is 87.3 cm³/mol. The molecule has 0 unspecified atom stereocenters. The maximum atomic E-state index is 12.3. The Balaban J connectivity index is 2.17. The molecule has 0 fully saturated rings. The van der Waals surface area contributed by atoms with Crippen LogP contribution in [0.5, 0.6) is 0 Å². The predicted octanol–water partition coefficient (Wildman–Crippen LogP) is 2.28. The lowest BCUT2D eigenvalue weighted by atomic mass is 10.2. The van der Waals surface area contributed by atoms with Crippen LogP contribution in [0.3, 0.4) is 0 Å². The van der Waals surface area contributed by atoms with E-state index in [2.05, 4.69) is 4.72 Å². The number of anilines is 1. The first kappa shape index (κ1) is 17.2. The molecule has 0 saturated carbocycles. The van der Waals surface area contributed by atoms with Crippen LogP contribution in [-0.2, 0) is 14.8 Å². The SMILES string of the molecule is O=C(O)/C=C/c1ccc(S(=O)(=O)Nc2ccc(C(=O)O)cc2)cc1. The highest BCUT2D eigenvalue weighted by molar-refractivity contribution is 7.92. The summed E-state index contributed by atoms with van der Waals surface area (Å²) in [5, 5.41) is 17.4. The van der Waals surface area contributed by atoms with E-state index >= 15 is 0 Å². The van der Waals surface area contributed by atoms with Crippen molar-refractivity contribution in [1.29, 1.82) is 0 Å². The Morgan fingerprint density at radius 1 is 0.917 bits per heavy atom. The van der Waals surface area contributed by atoms with Gasteiger partial charge in [0.15, 0.2) is 0 Å². The number of hydrogen-bond donors (Lipinski definition) is 3. The van der Waals surface area contributed by atoms with Crippen LogP contribution in [-0.4, -0.2) is 30.6 Å². The lowest BCUT2D eigenvalue weighted by Gasteiger charge is -2.08. The van der Waals surface area contributed by atoms with Gasteiger partial charge in [-0.1, -0.05) is 12.1 Å². The Hall–Kier alpha value is -3.13. The van der Waals surface area contributed by atoms with Gasteiger partial charge in [0.2, 0.25) is 0 Å². The molecule has 0 aromatic heterocycles. The van der Waals surface area contributed by atoms with E-state index in [-0.39, 0.29) is 16.1 Å². The third-order valence-corrected chi connectivity index (χ3v) is 4.39. The molecule has 2 rings (SSSR count). The first-order valence-electron chi connectivity index (χ1n) is 6.65. The van der Waals surface area contributed by atoms with Crippen molar-refractivity contribution < 1.29 is 28.2 Å². The van der Waals surface area contributed by atoms with E-state index in [1.165, 1.54) is 54.6 Å². The summed E-state index contributed by atoms with van der Waals surface area (Å²) in [5.74, 6) is -2.20. The molecule has 0 atom stereocenters. The molecule has 0 bridgehead atoms. The summed E-state index contributed by atoms with van der Waals surface area (Å²) >= 11 is 0. The maximum absolute atomic E-state index is 12.3. The normalized spacial score (nSPS) is 11.3. The number of sulfonamides is 1. The molecule has 0 aliphatic rings. The molecule has 0 spiro atoms. The summed E-state index contributed by atoms with van der Waals surface area (Å²) in [4.78, 5) is 21.2. The fourth-order valence-corrected chi connectivity index (χ4v) is 2.88. The van der Waals surface area contributed by atoms with Crippen LogP contribution in [0.2, 0.25) is 0 Å². The third kappa shape index (κ3) is 4.43. The second-order valence-corrected chi connectivity index (χ2v) is 6.41. The number of aromatic carboxylic acids is 1. The number of carboxylic acids is 2. The van der Waals surface area contributed by atoms with E-state index < -0.39 is 22.0 Å². The quantitative estimate of drug-likeness (QED) is 0.689. The number of carboxylic acid groups (broad SMARTS) is 2. The minimum atomic E-state index is -3.83. The Morgan fingerprint density at radius 3 is 2.00 bits per heavy atom. The largest absolute Gasteiger partial charge is 0.478 e. The summed E-state index contributed by atoms with van der Waals surface area (Å²) in [5.41, 5.74) is 0.824. The number of rotatable bonds is 6. The summed E-state index contributed by atoms with van der Waals surface area (Å²) in [6, 6.07) is 10.9. The lowest BCUT2D eigenvalue weighted by molar-refractivity contribution is -0.131. The van der Waals surface area contributed by atoms with Gasteiger partial charge in [0.05, 0.1) is 10.5 Å². The van der Waals surface area contributed by atoms with Crippen LogP contribution < -0.4 is 4.72 Å². The summed E-state index contributed by atoms with van der Waals surface area (Å²) in [6.07, 6.45) is 2.29. The molecule has 3 N–H and O–H groups in total. The Bertz CT molecular complexity index is 883. The van der Waals surface area contributed by atoms with Gasteiger partial charge in [-0.25, -0.2) is 18.0 Å². The van der Waals surface area contributed by atoms with Gasteiger partial charge in [0.25, 0.3) is 10.0 Å². The van der Waals surface area contributed by atoms with Crippen molar-refractivity contribution >= 4 is 33.7 Å². The standard InChI is InChI=1S/C16H13NO6S/c18-15(19)10-3-11-1-8-14(9-2-11)24(22,23)17-13-6-4-12(5-7-13)16(20)21/h1-10,17H,(H,18,19)(H,20,21)/b10-3+. The zero-order valence-corrected chi connectivity index (χ0v) is 13.0. The Kier molecular flexibility index (Phi) is 5.00. The molecule has 124 valence electrons. The van der Waals surface area contributed by atoms with Gasteiger partial charge in [-0.15, -0.1) is 0 Å². The van der Waals surface area contributed by atoms with Gasteiger partial charge in [-0.05, 0) is 48.0 Å². The van der Waals surface area contributed by atoms with Crippen molar-refractivity contribution in [2.45, 2.75) is 4.90 Å². The molecule has 0 saturated heterocycles. The molecule has 0 heterocycles. The van der Waals surface area contributed by atoms with Crippen molar-refractivity contribution in [3.8, 4) is 0 Å². The molecule has 7 nitrogen and oxygen atoms in total. The molecular weight excluding hydrogens is 334 g/mol. The topological polar surface area (TPSA) is 121 Å². The van der Waals surface area contributed by atoms with E-state index in [9.17, 15) is 18.0 Å². The van der Waals surface area contributed by atoms with Gasteiger partial charge in [-0.3, -0.25) is 4.72 Å². The van der Waals surface area contributed by atoms with Crippen LogP contribution in [0.25, 0.3) is 6.08 Å². The lowest BCUT2D eigenvalue weighted by Crippen LogP contribution is -2.13. The van der Waals surface area contributed by atoms with Crippen LogP contribution in [0.15, 0.2) is 59.5 Å². The number of aliphatic carboxylic acids is 1. The summed E-state index contributed by atoms with van der Waals surface area (Å²) in [6.45, 7) is 0. The van der Waals surface area contributed by atoms with E-state index in [0.29, 0.717) is 5.56 Å². The van der Waals surface area contributed by atoms with Gasteiger partial charge in [0.1, 0.15) is 0 Å². The average molecular weight is 347 g/mol. The van der Waals surface area contributed by atoms with E-state index in [4.69, 9.17) is 10.2 Å². The molecule has 0 aliphatic heterocycles. The van der Waals surface area contributed by atoms with Crippen molar-refractivity contribution in [1.82, 2.24) is 0 Å². The van der Waals surface area contributed by atoms with Gasteiger partial charge >= 0.3 is 11.9 Å². The second-order valence-electron chi connectivity index (χ2n) is 4.73. The van der Waals surface area contributed by atoms with Crippen molar-refractivity contribution in [2.24, 2.45) is 0 Å². The second kappa shape index (κ2) is 6.97. The van der Waals surface area contributed by atoms with Gasteiger partial charge < -0.3 is 10.2 Å². The zero-order chi connectivity index (χ0) is 17.7. The minimum Gasteiger partial charge on any atom is -0.478 e. The highest BCUT2D eigenvalue weighted by atomic mass is 32.2. The van der Waals surface area contributed by atoms with Crippen LogP contribution in [0, 0.1) is 0 Å². The van der Waals surface area contributed by atoms with Gasteiger partial charge in [0, 0.05) is 11.8 Å². The Morgan fingerprint density at radius 2 is 1.50 bits per heavy atom. The number of hydrogen-bond acceptors (Lipinski definition) is 4. The molecule has 24 heavy (non-hydrogen) atoms. The zero-order valence-electron chi connectivity index (χ0n) is 12.2. The minimum absolute atomic E-state index is 0.00251. The summed E-state index contributed by atoms with van der Waals surface area (Å²) in [7, 11) is -3.83. The molecule has 0 aliphatic carbocycles. The molecule has 0 amide bonds. The molecule has 8 heteroatoms. The van der Waals surface area contributed by atoms with E-state index in [1.54, 1.807) is 0 Å². The fourth-order valence-electron chi connectivity index (χ4n) is 1.82. The Labute approximate surface area is 137 Å². The highest BCUT2D eigenvalue weighted by Crippen LogP contribution is 2.17. The fraction of sp³-hybridized carbons (Fsp3) is 0. The molecule has 2 aromatic rings. The molecular formula is C16H13NO6S. The highest BCUT2D eigenvalue weighted by Gasteiger charge is 2.14. The van der Waals surface area contributed by atoms with E-state index in [0.717, 1.165) is 6.08 Å². The first-order chi connectivity index (χ1) is 11.3. The van der Waals surface area contributed by atoms with Crippen molar-refractivity contribution in [3.05, 3.63) is 65.7 Å². The first-order valence-corrected chi connectivity index (χ1v) is 8.13.